The van der Waals surface area contributed by atoms with Gasteiger partial charge < -0.3 is 10.1 Å². The van der Waals surface area contributed by atoms with Crippen molar-refractivity contribution in [3.8, 4) is 0 Å². The van der Waals surface area contributed by atoms with E-state index in [9.17, 15) is 18.0 Å². The highest BCUT2D eigenvalue weighted by Crippen LogP contribution is 2.32. The molecule has 29 heavy (non-hydrogen) atoms. The van der Waals surface area contributed by atoms with Crippen molar-refractivity contribution < 1.29 is 22.7 Å². The van der Waals surface area contributed by atoms with E-state index in [1.807, 2.05) is 13.8 Å². The van der Waals surface area contributed by atoms with E-state index in [1.165, 1.54) is 18.3 Å². The molecule has 0 atom stereocenters. The molecule has 3 rings (SSSR count). The van der Waals surface area contributed by atoms with E-state index in [4.69, 9.17) is 4.74 Å². The fourth-order valence-corrected chi connectivity index (χ4v) is 2.62. The van der Waals surface area contributed by atoms with E-state index in [0.717, 1.165) is 17.8 Å². The van der Waals surface area contributed by atoms with E-state index in [1.54, 1.807) is 12.1 Å². The number of hydrogen-bond donors (Lipinski definition) is 1. The van der Waals surface area contributed by atoms with Gasteiger partial charge in [-0.1, -0.05) is 6.92 Å². The number of anilines is 2. The smallest absolute Gasteiger partial charge is 0.416 e. The summed E-state index contributed by atoms with van der Waals surface area (Å²) in [5.41, 5.74) is 1.39. The molecule has 2 aromatic heterocycles. The number of rotatable bonds is 5. The number of aryl methyl sites for hydroxylation is 1. The van der Waals surface area contributed by atoms with Crippen LogP contribution in [0.25, 0.3) is 11.0 Å². The fraction of sp³-hybridized carbons (Fsp3) is 0.250. The predicted molar refractivity (Wildman–Crippen MR) is 107 cm³/mol. The summed E-state index contributed by atoms with van der Waals surface area (Å²) in [5, 5.41) is 3.59. The summed E-state index contributed by atoms with van der Waals surface area (Å²) in [4.78, 5) is 21.0. The van der Waals surface area contributed by atoms with Crippen molar-refractivity contribution in [2.45, 2.75) is 26.4 Å². The molecule has 0 saturated carbocycles. The normalized spacial score (nSPS) is 11.1. The average Bonchev–Trinajstić information content (AvgIpc) is 2.65. The molecular formula is C20H19ClF3N3O2. The summed E-state index contributed by atoms with van der Waals surface area (Å²) in [6.45, 7) is 3.94. The number of nitrogens with one attached hydrogen (secondary N) is 1. The van der Waals surface area contributed by atoms with Crippen LogP contribution in [0.2, 0.25) is 0 Å². The number of alkyl halides is 3. The first-order valence-corrected chi connectivity index (χ1v) is 8.67. The van der Waals surface area contributed by atoms with Crippen molar-refractivity contribution in [3.05, 3.63) is 59.4 Å². The molecule has 154 valence electrons. The van der Waals surface area contributed by atoms with E-state index in [2.05, 4.69) is 15.3 Å². The van der Waals surface area contributed by atoms with Crippen LogP contribution < -0.4 is 5.32 Å². The van der Waals surface area contributed by atoms with E-state index < -0.39 is 17.7 Å². The summed E-state index contributed by atoms with van der Waals surface area (Å²) in [6.07, 6.45) is -2.40. The number of carbonyl (C=O) groups excluding carboxylic acids is 1. The average molecular weight is 426 g/mol. The molecule has 1 N–H and O–H groups in total. The molecule has 5 nitrogen and oxygen atoms in total. The maximum Gasteiger partial charge on any atom is 0.416 e. The maximum atomic E-state index is 12.8. The van der Waals surface area contributed by atoms with Crippen molar-refractivity contribution >= 4 is 40.8 Å². The Morgan fingerprint density at radius 2 is 1.83 bits per heavy atom. The SMILES string of the molecule is CCCOC(=O)c1cnc2nc(C)ccc2c1Nc1ccc(C(F)(F)F)cc1.Cl. The van der Waals surface area contributed by atoms with Gasteiger partial charge in [0, 0.05) is 23.0 Å². The first-order chi connectivity index (χ1) is 13.3. The van der Waals surface area contributed by atoms with Gasteiger partial charge in [0.1, 0.15) is 5.56 Å². The van der Waals surface area contributed by atoms with Crippen LogP contribution in [0.15, 0.2) is 42.6 Å². The third-order valence-corrected chi connectivity index (χ3v) is 4.01. The number of hydrogen-bond acceptors (Lipinski definition) is 5. The number of nitrogens with zero attached hydrogens (tertiary/aromatic N) is 2. The molecule has 0 aliphatic carbocycles. The van der Waals surface area contributed by atoms with Crippen LogP contribution in [-0.4, -0.2) is 22.5 Å². The third kappa shape index (κ3) is 5.14. The zero-order chi connectivity index (χ0) is 20.3. The van der Waals surface area contributed by atoms with Gasteiger partial charge in [-0.25, -0.2) is 14.8 Å². The molecule has 1 aromatic carbocycles. The zero-order valence-corrected chi connectivity index (χ0v) is 16.5. The number of aromatic nitrogens is 2. The summed E-state index contributed by atoms with van der Waals surface area (Å²) < 4.78 is 43.6. The Morgan fingerprint density at radius 3 is 2.45 bits per heavy atom. The zero-order valence-electron chi connectivity index (χ0n) is 15.7. The van der Waals surface area contributed by atoms with E-state index in [0.29, 0.717) is 28.8 Å². The standard InChI is InChI=1S/C20H18F3N3O2.ClH/c1-3-10-28-19(27)16-11-24-18-15(9-4-12(2)25-18)17(16)26-14-7-5-13(6-8-14)20(21,22)23;/h4-9,11H,3,10H2,1-2H3,(H,24,25,26);1H. The molecule has 0 aliphatic heterocycles. The van der Waals surface area contributed by atoms with Crippen molar-refractivity contribution in [3.63, 3.8) is 0 Å². The topological polar surface area (TPSA) is 64.1 Å². The van der Waals surface area contributed by atoms with Crippen molar-refractivity contribution in [1.82, 2.24) is 9.97 Å². The molecule has 0 amide bonds. The van der Waals surface area contributed by atoms with Crippen LogP contribution >= 0.6 is 12.4 Å². The van der Waals surface area contributed by atoms with Crippen LogP contribution in [-0.2, 0) is 10.9 Å². The summed E-state index contributed by atoms with van der Waals surface area (Å²) in [5.74, 6) is -0.564. The third-order valence-electron chi connectivity index (χ3n) is 4.01. The second-order valence-corrected chi connectivity index (χ2v) is 6.21. The Balaban J connectivity index is 0.00000300. The molecular weight excluding hydrogens is 407 g/mol. The minimum absolute atomic E-state index is 0. The van der Waals surface area contributed by atoms with Gasteiger partial charge in [-0.15, -0.1) is 12.4 Å². The summed E-state index contributed by atoms with van der Waals surface area (Å²) in [7, 11) is 0. The molecule has 9 heteroatoms. The molecule has 0 bridgehead atoms. The number of carbonyl (C=O) groups is 1. The predicted octanol–water partition coefficient (Wildman–Crippen LogP) is 5.69. The van der Waals surface area contributed by atoms with Gasteiger partial charge in [-0.05, 0) is 49.7 Å². The quantitative estimate of drug-likeness (QED) is 0.532. The number of pyridine rings is 2. The van der Waals surface area contributed by atoms with Crippen LogP contribution in [0, 0.1) is 6.92 Å². The number of ether oxygens (including phenoxy) is 1. The highest BCUT2D eigenvalue weighted by atomic mass is 35.5. The lowest BCUT2D eigenvalue weighted by Gasteiger charge is -2.15. The number of halogens is 4. The second kappa shape index (κ2) is 9.09. The summed E-state index contributed by atoms with van der Waals surface area (Å²) >= 11 is 0. The van der Waals surface area contributed by atoms with Gasteiger partial charge in [0.15, 0.2) is 5.65 Å². The fourth-order valence-electron chi connectivity index (χ4n) is 2.62. The van der Waals surface area contributed by atoms with Crippen molar-refractivity contribution in [1.29, 1.82) is 0 Å². The number of benzene rings is 1. The molecule has 0 fully saturated rings. The van der Waals surface area contributed by atoms with Crippen LogP contribution in [0.5, 0.6) is 0 Å². The van der Waals surface area contributed by atoms with Gasteiger partial charge in [-0.2, -0.15) is 13.2 Å². The highest BCUT2D eigenvalue weighted by Gasteiger charge is 2.30. The Morgan fingerprint density at radius 1 is 1.14 bits per heavy atom. The molecule has 0 radical (unpaired) electrons. The van der Waals surface area contributed by atoms with E-state index in [-0.39, 0.29) is 24.6 Å². The molecule has 0 aliphatic rings. The minimum Gasteiger partial charge on any atom is -0.462 e. The lowest BCUT2D eigenvalue weighted by Crippen LogP contribution is -2.10. The molecule has 0 saturated heterocycles. The Kier molecular flexibility index (Phi) is 7.02. The van der Waals surface area contributed by atoms with Crippen LogP contribution in [0.1, 0.15) is 35.0 Å². The van der Waals surface area contributed by atoms with Gasteiger partial charge in [0.05, 0.1) is 17.9 Å². The van der Waals surface area contributed by atoms with E-state index >= 15 is 0 Å². The van der Waals surface area contributed by atoms with Gasteiger partial charge in [-0.3, -0.25) is 0 Å². The monoisotopic (exact) mass is 425 g/mol. The number of fused-ring (bicyclic) bond motifs is 1. The highest BCUT2D eigenvalue weighted by molar-refractivity contribution is 6.05. The van der Waals surface area contributed by atoms with Gasteiger partial charge in [0.25, 0.3) is 0 Å². The van der Waals surface area contributed by atoms with Gasteiger partial charge in [0.2, 0.25) is 0 Å². The minimum atomic E-state index is -4.42. The Hall–Kier alpha value is -2.87. The first kappa shape index (κ1) is 22.4. The molecule has 0 unspecified atom stereocenters. The lowest BCUT2D eigenvalue weighted by molar-refractivity contribution is -0.137. The molecule has 3 aromatic rings. The van der Waals surface area contributed by atoms with Crippen LogP contribution in [0.4, 0.5) is 24.5 Å². The maximum absolute atomic E-state index is 12.8. The second-order valence-electron chi connectivity index (χ2n) is 6.21. The van der Waals surface area contributed by atoms with Gasteiger partial charge >= 0.3 is 12.1 Å². The largest absolute Gasteiger partial charge is 0.462 e. The van der Waals surface area contributed by atoms with Crippen molar-refractivity contribution in [2.24, 2.45) is 0 Å². The molecule has 0 spiro atoms. The lowest BCUT2D eigenvalue weighted by atomic mass is 10.1. The van der Waals surface area contributed by atoms with Crippen molar-refractivity contribution in [2.75, 3.05) is 11.9 Å². The Labute approximate surface area is 171 Å². The Bertz CT molecular complexity index is 1010. The molecule has 2 heterocycles. The summed E-state index contributed by atoms with van der Waals surface area (Å²) in [6, 6.07) is 8.08. The number of esters is 1. The first-order valence-electron chi connectivity index (χ1n) is 8.67. The van der Waals surface area contributed by atoms with Crippen LogP contribution in [0.3, 0.4) is 0 Å².